The highest BCUT2D eigenvalue weighted by atomic mass is 79.9. The number of fused-ring (bicyclic) bond motifs is 1. The molecule has 3 aromatic rings. The lowest BCUT2D eigenvalue weighted by atomic mass is 10.2. The molecule has 0 amide bonds. The number of nitrogens with zero attached hydrogens (tertiary/aromatic N) is 2. The Balaban J connectivity index is 2.08. The molecule has 2 aromatic carbocycles. The number of rotatable bonds is 5. The molecule has 0 aliphatic heterocycles. The molecule has 0 saturated heterocycles. The lowest BCUT2D eigenvalue weighted by Crippen LogP contribution is -2.14. The average Bonchev–Trinajstić information content (AvgIpc) is 2.60. The second kappa shape index (κ2) is 7.40. The lowest BCUT2D eigenvalue weighted by Gasteiger charge is -2.11. The van der Waals surface area contributed by atoms with Gasteiger partial charge in [-0.1, -0.05) is 46.3 Å². The summed E-state index contributed by atoms with van der Waals surface area (Å²) in [5, 5.41) is 20.3. The highest BCUT2D eigenvalue weighted by Crippen LogP contribution is 2.30. The minimum Gasteiger partial charge on any atom is -0.394 e. The zero-order valence-corrected chi connectivity index (χ0v) is 14.6. The van der Waals surface area contributed by atoms with E-state index >= 15 is 0 Å². The number of aliphatic hydroxyl groups excluding tert-OH is 2. The molecule has 23 heavy (non-hydrogen) atoms. The second-order valence-electron chi connectivity index (χ2n) is 5.03. The summed E-state index contributed by atoms with van der Waals surface area (Å²) in [4.78, 5) is 9.29. The third-order valence-corrected chi connectivity index (χ3v) is 4.91. The quantitative estimate of drug-likeness (QED) is 0.515. The van der Waals surface area contributed by atoms with Crippen LogP contribution in [0.25, 0.3) is 22.3 Å². The van der Waals surface area contributed by atoms with Crippen molar-refractivity contribution < 1.29 is 10.2 Å². The molecule has 1 atom stereocenters. The SMILES string of the molecule is OCC(O)CSc1nc(-c2ccccc2)nc2ccc(Br)cc12. The maximum absolute atomic E-state index is 9.61. The molecular weight excluding hydrogens is 376 g/mol. The molecule has 118 valence electrons. The summed E-state index contributed by atoms with van der Waals surface area (Å²) in [6, 6.07) is 15.7. The van der Waals surface area contributed by atoms with E-state index in [0.29, 0.717) is 11.6 Å². The monoisotopic (exact) mass is 390 g/mol. The molecule has 0 aliphatic carbocycles. The van der Waals surface area contributed by atoms with E-state index in [-0.39, 0.29) is 6.61 Å². The summed E-state index contributed by atoms with van der Waals surface area (Å²) in [6.45, 7) is -0.259. The first-order valence-electron chi connectivity index (χ1n) is 7.12. The molecule has 6 heteroatoms. The minimum atomic E-state index is -0.766. The molecule has 0 fully saturated rings. The fourth-order valence-electron chi connectivity index (χ4n) is 2.13. The van der Waals surface area contributed by atoms with Gasteiger partial charge < -0.3 is 10.2 Å². The van der Waals surface area contributed by atoms with Gasteiger partial charge in [0.05, 0.1) is 18.2 Å². The van der Waals surface area contributed by atoms with Crippen LogP contribution >= 0.6 is 27.7 Å². The first-order valence-corrected chi connectivity index (χ1v) is 8.89. The Morgan fingerprint density at radius 3 is 2.61 bits per heavy atom. The predicted octanol–water partition coefficient (Wildman–Crippen LogP) is 3.50. The average molecular weight is 391 g/mol. The van der Waals surface area contributed by atoms with Gasteiger partial charge in [0.2, 0.25) is 0 Å². The van der Waals surface area contributed by atoms with E-state index in [2.05, 4.69) is 25.9 Å². The molecule has 1 heterocycles. The molecule has 0 spiro atoms. The van der Waals surface area contributed by atoms with Crippen molar-refractivity contribution >= 4 is 38.6 Å². The Morgan fingerprint density at radius 1 is 1.09 bits per heavy atom. The van der Waals surface area contributed by atoms with Crippen LogP contribution in [0.1, 0.15) is 0 Å². The van der Waals surface area contributed by atoms with Gasteiger partial charge in [-0.05, 0) is 18.2 Å². The molecule has 0 saturated carbocycles. The van der Waals surface area contributed by atoms with Crippen molar-refractivity contribution in [1.82, 2.24) is 9.97 Å². The van der Waals surface area contributed by atoms with Crippen LogP contribution in [-0.4, -0.2) is 38.6 Å². The molecule has 3 rings (SSSR count). The fourth-order valence-corrected chi connectivity index (χ4v) is 3.41. The zero-order valence-electron chi connectivity index (χ0n) is 12.2. The van der Waals surface area contributed by atoms with Crippen LogP contribution in [0, 0.1) is 0 Å². The summed E-state index contributed by atoms with van der Waals surface area (Å²) in [5.41, 5.74) is 1.80. The van der Waals surface area contributed by atoms with Crippen molar-refractivity contribution in [2.75, 3.05) is 12.4 Å². The van der Waals surface area contributed by atoms with E-state index in [1.165, 1.54) is 11.8 Å². The number of halogens is 1. The van der Waals surface area contributed by atoms with Gasteiger partial charge in [-0.25, -0.2) is 9.97 Å². The van der Waals surface area contributed by atoms with Crippen molar-refractivity contribution in [2.24, 2.45) is 0 Å². The molecular formula is C17H15BrN2O2S. The highest BCUT2D eigenvalue weighted by Gasteiger charge is 2.12. The van der Waals surface area contributed by atoms with Crippen LogP contribution in [-0.2, 0) is 0 Å². The summed E-state index contributed by atoms with van der Waals surface area (Å²) in [7, 11) is 0. The van der Waals surface area contributed by atoms with Gasteiger partial charge in [0.15, 0.2) is 5.82 Å². The predicted molar refractivity (Wildman–Crippen MR) is 96.5 cm³/mol. The Hall–Kier alpha value is -1.47. The van der Waals surface area contributed by atoms with Crippen molar-refractivity contribution in [1.29, 1.82) is 0 Å². The second-order valence-corrected chi connectivity index (χ2v) is 6.95. The van der Waals surface area contributed by atoms with Gasteiger partial charge >= 0.3 is 0 Å². The Bertz CT molecular complexity index is 814. The Labute approximate surface area is 146 Å². The molecule has 2 N–H and O–H groups in total. The van der Waals surface area contributed by atoms with Gasteiger partial charge in [-0.3, -0.25) is 0 Å². The van der Waals surface area contributed by atoms with Crippen LogP contribution in [0.15, 0.2) is 58.0 Å². The molecule has 0 bridgehead atoms. The molecule has 1 unspecified atom stereocenters. The number of aliphatic hydroxyl groups is 2. The van der Waals surface area contributed by atoms with Gasteiger partial charge in [0.25, 0.3) is 0 Å². The Kier molecular flexibility index (Phi) is 5.27. The lowest BCUT2D eigenvalue weighted by molar-refractivity contribution is 0.113. The third kappa shape index (κ3) is 3.90. The third-order valence-electron chi connectivity index (χ3n) is 3.28. The van der Waals surface area contributed by atoms with Crippen molar-refractivity contribution in [2.45, 2.75) is 11.1 Å². The zero-order chi connectivity index (χ0) is 16.2. The van der Waals surface area contributed by atoms with E-state index in [1.54, 1.807) is 0 Å². The molecule has 4 nitrogen and oxygen atoms in total. The largest absolute Gasteiger partial charge is 0.394 e. The van der Waals surface area contributed by atoms with Crippen LogP contribution in [0.3, 0.4) is 0 Å². The summed E-state index contributed by atoms with van der Waals surface area (Å²) in [5.74, 6) is 1.03. The van der Waals surface area contributed by atoms with E-state index in [4.69, 9.17) is 5.11 Å². The van der Waals surface area contributed by atoms with Crippen molar-refractivity contribution in [3.63, 3.8) is 0 Å². The maximum Gasteiger partial charge on any atom is 0.161 e. The number of benzene rings is 2. The smallest absolute Gasteiger partial charge is 0.161 e. The highest BCUT2D eigenvalue weighted by molar-refractivity contribution is 9.10. The van der Waals surface area contributed by atoms with E-state index in [1.807, 2.05) is 48.5 Å². The van der Waals surface area contributed by atoms with Crippen molar-refractivity contribution in [3.8, 4) is 11.4 Å². The van der Waals surface area contributed by atoms with Gasteiger partial charge in [0, 0.05) is 21.2 Å². The number of aromatic nitrogens is 2. The summed E-state index contributed by atoms with van der Waals surface area (Å²) in [6.07, 6.45) is -0.766. The fraction of sp³-hybridized carbons (Fsp3) is 0.176. The van der Waals surface area contributed by atoms with Gasteiger partial charge in [-0.15, -0.1) is 11.8 Å². The summed E-state index contributed by atoms with van der Waals surface area (Å²) < 4.78 is 0.950. The van der Waals surface area contributed by atoms with Gasteiger partial charge in [0.1, 0.15) is 5.03 Å². The van der Waals surface area contributed by atoms with Crippen LogP contribution in [0.4, 0.5) is 0 Å². The first-order chi connectivity index (χ1) is 11.2. The number of hydrogen-bond acceptors (Lipinski definition) is 5. The minimum absolute atomic E-state index is 0.259. The van der Waals surface area contributed by atoms with E-state index in [9.17, 15) is 5.11 Å². The van der Waals surface area contributed by atoms with Gasteiger partial charge in [-0.2, -0.15) is 0 Å². The normalized spacial score (nSPS) is 12.5. The van der Waals surface area contributed by atoms with Crippen molar-refractivity contribution in [3.05, 3.63) is 53.0 Å². The molecule has 1 aromatic heterocycles. The first kappa shape index (κ1) is 16.4. The number of hydrogen-bond donors (Lipinski definition) is 2. The summed E-state index contributed by atoms with van der Waals surface area (Å²) >= 11 is 4.89. The van der Waals surface area contributed by atoms with E-state index in [0.717, 1.165) is 26.0 Å². The van der Waals surface area contributed by atoms with E-state index < -0.39 is 6.10 Å². The standard InChI is InChI=1S/C17H15BrN2O2S/c18-12-6-7-15-14(8-12)17(23-10-13(22)9-21)20-16(19-15)11-4-2-1-3-5-11/h1-8,13,21-22H,9-10H2. The number of thioether (sulfide) groups is 1. The molecule has 0 aliphatic rings. The topological polar surface area (TPSA) is 66.2 Å². The van der Waals surface area contributed by atoms with Crippen LogP contribution < -0.4 is 0 Å². The van der Waals surface area contributed by atoms with Crippen LogP contribution in [0.5, 0.6) is 0 Å². The molecule has 0 radical (unpaired) electrons. The maximum atomic E-state index is 9.61. The Morgan fingerprint density at radius 2 is 1.87 bits per heavy atom. The van der Waals surface area contributed by atoms with Crippen LogP contribution in [0.2, 0.25) is 0 Å².